The fourth-order valence-electron chi connectivity index (χ4n) is 4.00. The van der Waals surface area contributed by atoms with Crippen molar-refractivity contribution in [1.29, 1.82) is 0 Å². The number of hydrogen-bond acceptors (Lipinski definition) is 0. The smallest absolute Gasteiger partial charge is 0.0149 e. The van der Waals surface area contributed by atoms with E-state index in [0.717, 1.165) is 0 Å². The summed E-state index contributed by atoms with van der Waals surface area (Å²) >= 11 is 0. The van der Waals surface area contributed by atoms with Crippen LogP contribution in [0, 0.1) is 0 Å². The van der Waals surface area contributed by atoms with Crippen molar-refractivity contribution in [1.82, 2.24) is 0 Å². The summed E-state index contributed by atoms with van der Waals surface area (Å²) in [6.07, 6.45) is 18.5. The van der Waals surface area contributed by atoms with E-state index in [0.29, 0.717) is 0 Å². The Hall–Kier alpha value is -2.08. The minimum atomic E-state index is 1.19. The van der Waals surface area contributed by atoms with Crippen LogP contribution in [0.5, 0.6) is 0 Å². The van der Waals surface area contributed by atoms with E-state index in [1.165, 1.54) is 73.6 Å². The molecule has 0 atom stereocenters. The summed E-state index contributed by atoms with van der Waals surface area (Å²) in [5.74, 6) is 0. The Morgan fingerprint density at radius 1 is 0.692 bits per heavy atom. The fourth-order valence-corrected chi connectivity index (χ4v) is 4.00. The molecule has 0 heteroatoms. The van der Waals surface area contributed by atoms with Gasteiger partial charge in [-0.05, 0) is 98.6 Å². The summed E-state index contributed by atoms with van der Waals surface area (Å²) in [6.45, 7) is 4.20. The van der Waals surface area contributed by atoms with Gasteiger partial charge in [0.2, 0.25) is 0 Å². The Bertz CT molecular complexity index is 709. The molecule has 0 radical (unpaired) electrons. The van der Waals surface area contributed by atoms with Crippen molar-refractivity contribution >= 4 is 0 Å². The van der Waals surface area contributed by atoms with Crippen LogP contribution in [0.1, 0.15) is 61.8 Å². The fraction of sp³-hybridized carbons (Fsp3) is 0.385. The Morgan fingerprint density at radius 3 is 1.58 bits per heavy atom. The van der Waals surface area contributed by atoms with Crippen LogP contribution in [0.2, 0.25) is 0 Å². The Labute approximate surface area is 159 Å². The predicted octanol–water partition coefficient (Wildman–Crippen LogP) is 7.25. The normalized spacial score (nSPS) is 13.3. The quantitative estimate of drug-likeness (QED) is 0.349. The molecule has 0 amide bonds. The highest BCUT2D eigenvalue weighted by atomic mass is 14.2. The molecule has 26 heavy (non-hydrogen) atoms. The van der Waals surface area contributed by atoms with Crippen molar-refractivity contribution < 1.29 is 0 Å². The molecule has 0 aromatic heterocycles. The number of aryl methyl sites for hydroxylation is 4. The van der Waals surface area contributed by atoms with Crippen LogP contribution in [-0.2, 0) is 25.7 Å². The van der Waals surface area contributed by atoms with Crippen molar-refractivity contribution in [2.24, 2.45) is 0 Å². The summed E-state index contributed by atoms with van der Waals surface area (Å²) in [6, 6.07) is 14.3. The van der Waals surface area contributed by atoms with E-state index in [1.54, 1.807) is 11.1 Å². The van der Waals surface area contributed by atoms with Crippen molar-refractivity contribution in [3.8, 4) is 11.1 Å². The van der Waals surface area contributed by atoms with Gasteiger partial charge in [-0.1, -0.05) is 60.7 Å². The molecule has 0 heterocycles. The van der Waals surface area contributed by atoms with Gasteiger partial charge in [0.1, 0.15) is 0 Å². The molecular formula is C26H32. The molecule has 3 rings (SSSR count). The molecule has 0 nitrogen and oxygen atoms in total. The molecule has 0 unspecified atom stereocenters. The van der Waals surface area contributed by atoms with Crippen LogP contribution in [0.4, 0.5) is 0 Å². The van der Waals surface area contributed by atoms with Gasteiger partial charge in [0.05, 0.1) is 0 Å². The zero-order chi connectivity index (χ0) is 18.2. The first kappa shape index (κ1) is 18.7. The van der Waals surface area contributed by atoms with E-state index in [4.69, 9.17) is 0 Å². The minimum absolute atomic E-state index is 1.19. The first-order chi connectivity index (χ1) is 12.8. The van der Waals surface area contributed by atoms with Crippen LogP contribution < -0.4 is 0 Å². The molecule has 1 aliphatic carbocycles. The Balaban J connectivity index is 1.70. The molecule has 0 saturated carbocycles. The first-order valence-corrected chi connectivity index (χ1v) is 10.3. The number of allylic oxidation sites excluding steroid dienone is 4. The molecule has 136 valence electrons. The third-order valence-electron chi connectivity index (χ3n) is 5.44. The van der Waals surface area contributed by atoms with E-state index in [2.05, 4.69) is 74.5 Å². The minimum Gasteiger partial charge on any atom is -0.0917 e. The van der Waals surface area contributed by atoms with Crippen LogP contribution in [0.3, 0.4) is 0 Å². The molecule has 0 fully saturated rings. The first-order valence-electron chi connectivity index (χ1n) is 10.3. The standard InChI is InChI=1S/C26H32/c1-3-5-7-9-11-21-13-17-25-23(19-21)15-16-24-20-22(14-18-26(24)25)12-10-8-6-4-2/h3-6,13-14,17-20H,7-12,15-16H2,1-2H3/b5-3+,6-4+. The lowest BCUT2D eigenvalue weighted by Gasteiger charge is -2.21. The van der Waals surface area contributed by atoms with E-state index in [-0.39, 0.29) is 0 Å². The number of hydrogen-bond donors (Lipinski definition) is 0. The second-order valence-electron chi connectivity index (χ2n) is 7.41. The summed E-state index contributed by atoms with van der Waals surface area (Å²) in [4.78, 5) is 0. The van der Waals surface area contributed by atoms with Crippen molar-refractivity contribution in [3.05, 3.63) is 83.0 Å². The molecule has 0 N–H and O–H groups in total. The van der Waals surface area contributed by atoms with E-state index in [9.17, 15) is 0 Å². The average molecular weight is 345 g/mol. The van der Waals surface area contributed by atoms with Gasteiger partial charge in [-0.2, -0.15) is 0 Å². The molecule has 1 aliphatic rings. The third-order valence-corrected chi connectivity index (χ3v) is 5.44. The lowest BCUT2D eigenvalue weighted by molar-refractivity contribution is 0.832. The van der Waals surface area contributed by atoms with Gasteiger partial charge in [-0.3, -0.25) is 0 Å². The molecule has 0 bridgehead atoms. The zero-order valence-corrected chi connectivity index (χ0v) is 16.4. The number of benzene rings is 2. The summed E-state index contributed by atoms with van der Waals surface area (Å²) in [7, 11) is 0. The van der Waals surface area contributed by atoms with Crippen LogP contribution >= 0.6 is 0 Å². The predicted molar refractivity (Wildman–Crippen MR) is 115 cm³/mol. The van der Waals surface area contributed by atoms with Gasteiger partial charge in [0, 0.05) is 0 Å². The highest BCUT2D eigenvalue weighted by Crippen LogP contribution is 2.35. The number of rotatable bonds is 8. The van der Waals surface area contributed by atoms with Crippen LogP contribution in [-0.4, -0.2) is 0 Å². The molecule has 0 saturated heterocycles. The summed E-state index contributed by atoms with van der Waals surface area (Å²) in [5.41, 5.74) is 9.01. The van der Waals surface area contributed by atoms with Gasteiger partial charge in [0.25, 0.3) is 0 Å². The molecular weight excluding hydrogens is 312 g/mol. The van der Waals surface area contributed by atoms with Gasteiger partial charge < -0.3 is 0 Å². The lowest BCUT2D eigenvalue weighted by atomic mass is 9.83. The second kappa shape index (κ2) is 9.57. The highest BCUT2D eigenvalue weighted by Gasteiger charge is 2.16. The zero-order valence-electron chi connectivity index (χ0n) is 16.4. The van der Waals surface area contributed by atoms with Crippen molar-refractivity contribution in [2.75, 3.05) is 0 Å². The highest BCUT2D eigenvalue weighted by molar-refractivity contribution is 5.73. The monoisotopic (exact) mass is 344 g/mol. The average Bonchev–Trinajstić information content (AvgIpc) is 2.68. The molecule has 2 aromatic rings. The molecule has 0 spiro atoms. The topological polar surface area (TPSA) is 0 Å². The SMILES string of the molecule is C/C=C/CCCc1ccc2c(c1)CCc1cc(CCC/C=C/C)ccc1-2. The van der Waals surface area contributed by atoms with Gasteiger partial charge in [-0.25, -0.2) is 0 Å². The van der Waals surface area contributed by atoms with E-state index >= 15 is 0 Å². The third kappa shape index (κ3) is 4.75. The number of fused-ring (bicyclic) bond motifs is 3. The largest absolute Gasteiger partial charge is 0.0917 e. The van der Waals surface area contributed by atoms with Crippen molar-refractivity contribution in [3.63, 3.8) is 0 Å². The van der Waals surface area contributed by atoms with Gasteiger partial charge in [0.15, 0.2) is 0 Å². The summed E-state index contributed by atoms with van der Waals surface area (Å²) < 4.78 is 0. The Kier molecular flexibility index (Phi) is 6.89. The number of unbranched alkanes of at least 4 members (excludes halogenated alkanes) is 2. The van der Waals surface area contributed by atoms with Crippen LogP contribution in [0.15, 0.2) is 60.7 Å². The second-order valence-corrected chi connectivity index (χ2v) is 7.41. The van der Waals surface area contributed by atoms with Crippen molar-refractivity contribution in [2.45, 2.75) is 65.2 Å². The Morgan fingerprint density at radius 2 is 1.15 bits per heavy atom. The summed E-state index contributed by atoms with van der Waals surface area (Å²) in [5, 5.41) is 0. The maximum atomic E-state index is 2.46. The van der Waals surface area contributed by atoms with Gasteiger partial charge >= 0.3 is 0 Å². The maximum absolute atomic E-state index is 2.46. The lowest BCUT2D eigenvalue weighted by Crippen LogP contribution is -2.05. The van der Waals surface area contributed by atoms with E-state index in [1.807, 2.05) is 0 Å². The molecule has 2 aromatic carbocycles. The van der Waals surface area contributed by atoms with Crippen LogP contribution in [0.25, 0.3) is 11.1 Å². The maximum Gasteiger partial charge on any atom is -0.0149 e. The molecule has 0 aliphatic heterocycles. The van der Waals surface area contributed by atoms with E-state index < -0.39 is 0 Å². The van der Waals surface area contributed by atoms with Gasteiger partial charge in [-0.15, -0.1) is 0 Å².